The maximum absolute atomic E-state index is 12.1. The fourth-order valence-corrected chi connectivity index (χ4v) is 2.23. The molecule has 0 radical (unpaired) electrons. The normalized spacial score (nSPS) is 18.2. The third-order valence-electron chi connectivity index (χ3n) is 3.24. The summed E-state index contributed by atoms with van der Waals surface area (Å²) in [6, 6.07) is -0.828. The number of aromatic nitrogens is 2. The average molecular weight is 267 g/mol. The van der Waals surface area contributed by atoms with Gasteiger partial charge >= 0.3 is 5.97 Å². The standard InChI is InChI=1S/C12H17N3O4/c1-19-4-2-3-11(16)15-6-9-8(13-7-14-9)5-10(15)12(17)18/h7,10H,2-6H2,1H3,(H,13,14)(H,17,18). The highest BCUT2D eigenvalue weighted by Crippen LogP contribution is 2.21. The number of nitrogens with one attached hydrogen (secondary N) is 1. The smallest absolute Gasteiger partial charge is 0.326 e. The van der Waals surface area contributed by atoms with Gasteiger partial charge in [-0.1, -0.05) is 0 Å². The zero-order valence-electron chi connectivity index (χ0n) is 10.8. The Morgan fingerprint density at radius 2 is 2.42 bits per heavy atom. The molecule has 1 unspecified atom stereocenters. The van der Waals surface area contributed by atoms with Gasteiger partial charge < -0.3 is 19.7 Å². The molecule has 1 aliphatic rings. The molecular formula is C12H17N3O4. The van der Waals surface area contributed by atoms with E-state index in [2.05, 4.69) is 9.97 Å². The first-order valence-electron chi connectivity index (χ1n) is 6.15. The van der Waals surface area contributed by atoms with Gasteiger partial charge in [-0.25, -0.2) is 9.78 Å². The van der Waals surface area contributed by atoms with E-state index in [1.165, 1.54) is 11.2 Å². The summed E-state index contributed by atoms with van der Waals surface area (Å²) in [5, 5.41) is 9.24. The van der Waals surface area contributed by atoms with Crippen LogP contribution in [-0.4, -0.2) is 51.6 Å². The minimum absolute atomic E-state index is 0.162. The van der Waals surface area contributed by atoms with Gasteiger partial charge in [0, 0.05) is 26.6 Å². The number of aliphatic carboxylic acids is 1. The van der Waals surface area contributed by atoms with Crippen LogP contribution in [0, 0.1) is 0 Å². The summed E-state index contributed by atoms with van der Waals surface area (Å²) in [4.78, 5) is 31.8. The number of carboxylic acids is 1. The molecule has 1 aromatic heterocycles. The summed E-state index contributed by atoms with van der Waals surface area (Å²) in [6.07, 6.45) is 2.67. The molecule has 1 atom stereocenters. The molecule has 2 N–H and O–H groups in total. The van der Waals surface area contributed by atoms with Crippen LogP contribution in [0.5, 0.6) is 0 Å². The number of carboxylic acid groups (broad SMARTS) is 1. The molecule has 0 aliphatic carbocycles. The number of H-pyrrole nitrogens is 1. The van der Waals surface area contributed by atoms with Gasteiger partial charge in [-0.3, -0.25) is 4.79 Å². The summed E-state index contributed by atoms with van der Waals surface area (Å²) in [5.41, 5.74) is 1.55. The number of aromatic amines is 1. The summed E-state index contributed by atoms with van der Waals surface area (Å²) in [7, 11) is 1.57. The summed E-state index contributed by atoms with van der Waals surface area (Å²) < 4.78 is 4.89. The summed E-state index contributed by atoms with van der Waals surface area (Å²) in [6.45, 7) is 0.769. The summed E-state index contributed by atoms with van der Waals surface area (Å²) in [5.74, 6) is -1.15. The highest BCUT2D eigenvalue weighted by molar-refractivity contribution is 5.84. The van der Waals surface area contributed by atoms with E-state index in [0.29, 0.717) is 19.4 Å². The molecule has 1 amide bonds. The van der Waals surface area contributed by atoms with Crippen molar-refractivity contribution >= 4 is 11.9 Å². The Kier molecular flexibility index (Phi) is 4.16. The zero-order chi connectivity index (χ0) is 13.8. The molecule has 19 heavy (non-hydrogen) atoms. The molecule has 1 aromatic rings. The fraction of sp³-hybridized carbons (Fsp3) is 0.583. The molecule has 0 spiro atoms. The summed E-state index contributed by atoms with van der Waals surface area (Å²) >= 11 is 0. The van der Waals surface area contributed by atoms with Gasteiger partial charge in [0.2, 0.25) is 5.91 Å². The molecule has 2 rings (SSSR count). The topological polar surface area (TPSA) is 95.5 Å². The van der Waals surface area contributed by atoms with E-state index in [4.69, 9.17) is 4.74 Å². The number of imidazole rings is 1. The molecule has 7 nitrogen and oxygen atoms in total. The minimum Gasteiger partial charge on any atom is -0.480 e. The first kappa shape index (κ1) is 13.5. The number of amides is 1. The van der Waals surface area contributed by atoms with Crippen LogP contribution in [0.4, 0.5) is 0 Å². The van der Waals surface area contributed by atoms with Crippen molar-refractivity contribution < 1.29 is 19.4 Å². The average Bonchev–Trinajstić information content (AvgIpc) is 2.84. The van der Waals surface area contributed by atoms with Crippen LogP contribution in [0.25, 0.3) is 0 Å². The lowest BCUT2D eigenvalue weighted by Crippen LogP contribution is -2.48. The van der Waals surface area contributed by atoms with Gasteiger partial charge in [0.15, 0.2) is 0 Å². The fourth-order valence-electron chi connectivity index (χ4n) is 2.23. The molecule has 7 heteroatoms. The van der Waals surface area contributed by atoms with Crippen LogP contribution >= 0.6 is 0 Å². The molecule has 0 saturated carbocycles. The van der Waals surface area contributed by atoms with Crippen LogP contribution in [0.2, 0.25) is 0 Å². The number of carbonyl (C=O) groups is 2. The Balaban J connectivity index is 2.09. The quantitative estimate of drug-likeness (QED) is 0.742. The van der Waals surface area contributed by atoms with Gasteiger partial charge in [-0.05, 0) is 6.42 Å². The first-order chi connectivity index (χ1) is 9.13. The monoisotopic (exact) mass is 267 g/mol. The third-order valence-corrected chi connectivity index (χ3v) is 3.24. The zero-order valence-corrected chi connectivity index (χ0v) is 10.8. The number of carbonyl (C=O) groups excluding carboxylic acids is 1. The van der Waals surface area contributed by atoms with E-state index in [0.717, 1.165) is 11.4 Å². The Hall–Kier alpha value is -1.89. The molecule has 0 fully saturated rings. The molecular weight excluding hydrogens is 250 g/mol. The Morgan fingerprint density at radius 1 is 1.63 bits per heavy atom. The lowest BCUT2D eigenvalue weighted by Gasteiger charge is -2.32. The van der Waals surface area contributed by atoms with Crippen molar-refractivity contribution in [2.24, 2.45) is 0 Å². The lowest BCUT2D eigenvalue weighted by molar-refractivity contribution is -0.151. The van der Waals surface area contributed by atoms with Crippen LogP contribution in [0.1, 0.15) is 24.2 Å². The SMILES string of the molecule is COCCCC(=O)N1Cc2[nH]cnc2CC1C(=O)O. The molecule has 0 saturated heterocycles. The Bertz CT molecular complexity index is 471. The number of fused-ring (bicyclic) bond motifs is 1. The van der Waals surface area contributed by atoms with Crippen molar-refractivity contribution in [2.45, 2.75) is 31.8 Å². The van der Waals surface area contributed by atoms with Gasteiger partial charge in [-0.15, -0.1) is 0 Å². The number of rotatable bonds is 5. The second-order valence-corrected chi connectivity index (χ2v) is 4.50. The second-order valence-electron chi connectivity index (χ2n) is 4.50. The van der Waals surface area contributed by atoms with E-state index < -0.39 is 12.0 Å². The Labute approximate surface area is 110 Å². The van der Waals surface area contributed by atoms with E-state index in [9.17, 15) is 14.7 Å². The predicted molar refractivity (Wildman–Crippen MR) is 65.4 cm³/mol. The Morgan fingerprint density at radius 3 is 3.11 bits per heavy atom. The lowest BCUT2D eigenvalue weighted by atomic mass is 10.0. The van der Waals surface area contributed by atoms with Crippen molar-refractivity contribution in [1.82, 2.24) is 14.9 Å². The number of nitrogens with zero attached hydrogens (tertiary/aromatic N) is 2. The van der Waals surface area contributed by atoms with Crippen molar-refractivity contribution in [3.05, 3.63) is 17.7 Å². The van der Waals surface area contributed by atoms with Gasteiger partial charge in [0.05, 0.1) is 24.3 Å². The number of hydrogen-bond acceptors (Lipinski definition) is 4. The molecule has 2 heterocycles. The van der Waals surface area contributed by atoms with Crippen LogP contribution in [0.3, 0.4) is 0 Å². The van der Waals surface area contributed by atoms with E-state index in [-0.39, 0.29) is 18.9 Å². The van der Waals surface area contributed by atoms with Gasteiger partial charge in [-0.2, -0.15) is 0 Å². The highest BCUT2D eigenvalue weighted by Gasteiger charge is 2.35. The third kappa shape index (κ3) is 2.93. The van der Waals surface area contributed by atoms with Gasteiger partial charge in [0.1, 0.15) is 6.04 Å². The number of ether oxygens (including phenoxy) is 1. The van der Waals surface area contributed by atoms with E-state index in [1.54, 1.807) is 7.11 Å². The molecule has 1 aliphatic heterocycles. The maximum atomic E-state index is 12.1. The van der Waals surface area contributed by atoms with Crippen LogP contribution in [-0.2, 0) is 27.3 Å². The molecule has 0 bridgehead atoms. The highest BCUT2D eigenvalue weighted by atomic mass is 16.5. The van der Waals surface area contributed by atoms with E-state index >= 15 is 0 Å². The molecule has 104 valence electrons. The van der Waals surface area contributed by atoms with Crippen LogP contribution < -0.4 is 0 Å². The number of hydrogen-bond donors (Lipinski definition) is 2. The minimum atomic E-state index is -0.992. The van der Waals surface area contributed by atoms with Crippen molar-refractivity contribution in [1.29, 1.82) is 0 Å². The van der Waals surface area contributed by atoms with Crippen LogP contribution in [0.15, 0.2) is 6.33 Å². The van der Waals surface area contributed by atoms with Crippen molar-refractivity contribution in [2.75, 3.05) is 13.7 Å². The largest absolute Gasteiger partial charge is 0.480 e. The second kappa shape index (κ2) is 5.83. The first-order valence-corrected chi connectivity index (χ1v) is 6.15. The van der Waals surface area contributed by atoms with Crippen molar-refractivity contribution in [3.8, 4) is 0 Å². The van der Waals surface area contributed by atoms with Gasteiger partial charge in [0.25, 0.3) is 0 Å². The maximum Gasteiger partial charge on any atom is 0.326 e. The van der Waals surface area contributed by atoms with Crippen molar-refractivity contribution in [3.63, 3.8) is 0 Å². The number of methoxy groups -OCH3 is 1. The molecule has 0 aromatic carbocycles. The van der Waals surface area contributed by atoms with E-state index in [1.807, 2.05) is 0 Å². The predicted octanol–water partition coefficient (Wildman–Crippen LogP) is 0.174.